The van der Waals surface area contributed by atoms with Gasteiger partial charge in [0.05, 0.1) is 12.3 Å². The zero-order valence-electron chi connectivity index (χ0n) is 10.8. The van der Waals surface area contributed by atoms with Crippen LogP contribution in [0.3, 0.4) is 0 Å². The highest BCUT2D eigenvalue weighted by atomic mass is 16.5. The molecule has 17 heavy (non-hydrogen) atoms. The lowest BCUT2D eigenvalue weighted by Crippen LogP contribution is -2.32. The highest BCUT2D eigenvalue weighted by Gasteiger charge is 2.23. The van der Waals surface area contributed by atoms with E-state index < -0.39 is 0 Å². The van der Waals surface area contributed by atoms with Gasteiger partial charge in [0.2, 0.25) is 0 Å². The predicted molar refractivity (Wildman–Crippen MR) is 67.8 cm³/mol. The quantitative estimate of drug-likeness (QED) is 0.849. The van der Waals surface area contributed by atoms with Gasteiger partial charge in [-0.3, -0.25) is 4.68 Å². The summed E-state index contributed by atoms with van der Waals surface area (Å²) in [6.07, 6.45) is 5.11. The standard InChI is InChI=1S/C13H23N3O/c1-3-10(2)16-6-4-12(15-16)8-13(14)11-5-7-17-9-11/h4,6,10-11,13H,3,5,7-9,14H2,1-2H3. The number of rotatable bonds is 5. The second kappa shape index (κ2) is 5.65. The molecule has 0 spiro atoms. The Hall–Kier alpha value is -0.870. The van der Waals surface area contributed by atoms with Gasteiger partial charge in [-0.2, -0.15) is 5.10 Å². The molecule has 2 N–H and O–H groups in total. The summed E-state index contributed by atoms with van der Waals surface area (Å²) in [7, 11) is 0. The summed E-state index contributed by atoms with van der Waals surface area (Å²) in [6, 6.07) is 2.73. The molecule has 0 bridgehead atoms. The van der Waals surface area contributed by atoms with Crippen LogP contribution in [0.2, 0.25) is 0 Å². The van der Waals surface area contributed by atoms with Crippen molar-refractivity contribution in [3.63, 3.8) is 0 Å². The van der Waals surface area contributed by atoms with Crippen LogP contribution in [0.15, 0.2) is 12.3 Å². The van der Waals surface area contributed by atoms with Gasteiger partial charge in [0.1, 0.15) is 0 Å². The van der Waals surface area contributed by atoms with E-state index in [1.54, 1.807) is 0 Å². The van der Waals surface area contributed by atoms with Gasteiger partial charge in [0.25, 0.3) is 0 Å². The Morgan fingerprint density at radius 1 is 1.65 bits per heavy atom. The van der Waals surface area contributed by atoms with E-state index >= 15 is 0 Å². The van der Waals surface area contributed by atoms with Gasteiger partial charge in [-0.15, -0.1) is 0 Å². The summed E-state index contributed by atoms with van der Waals surface area (Å²) in [5.41, 5.74) is 7.30. The summed E-state index contributed by atoms with van der Waals surface area (Å²) in [5, 5.41) is 4.59. The maximum absolute atomic E-state index is 6.20. The molecule has 2 heterocycles. The van der Waals surface area contributed by atoms with E-state index in [-0.39, 0.29) is 6.04 Å². The van der Waals surface area contributed by atoms with E-state index in [1.165, 1.54) is 0 Å². The Balaban J connectivity index is 1.91. The molecule has 0 aliphatic carbocycles. The molecule has 1 aromatic rings. The zero-order valence-corrected chi connectivity index (χ0v) is 10.8. The first-order chi connectivity index (χ1) is 8.20. The molecule has 4 nitrogen and oxygen atoms in total. The van der Waals surface area contributed by atoms with Crippen LogP contribution in [0.5, 0.6) is 0 Å². The van der Waals surface area contributed by atoms with Crippen LogP contribution in [0, 0.1) is 5.92 Å². The second-order valence-corrected chi connectivity index (χ2v) is 5.04. The number of aromatic nitrogens is 2. The average molecular weight is 237 g/mol. The minimum atomic E-state index is 0.179. The van der Waals surface area contributed by atoms with Gasteiger partial charge < -0.3 is 10.5 Å². The number of hydrogen-bond donors (Lipinski definition) is 1. The average Bonchev–Trinajstić information content (AvgIpc) is 2.98. The molecule has 2 rings (SSSR count). The Morgan fingerprint density at radius 3 is 3.12 bits per heavy atom. The third-order valence-electron chi connectivity index (χ3n) is 3.72. The number of ether oxygens (including phenoxy) is 1. The lowest BCUT2D eigenvalue weighted by atomic mass is 9.96. The van der Waals surface area contributed by atoms with Crippen molar-refractivity contribution < 1.29 is 4.74 Å². The molecule has 1 aromatic heterocycles. The van der Waals surface area contributed by atoms with Crippen LogP contribution in [0.4, 0.5) is 0 Å². The third-order valence-corrected chi connectivity index (χ3v) is 3.72. The van der Waals surface area contributed by atoms with E-state index in [0.717, 1.165) is 38.2 Å². The van der Waals surface area contributed by atoms with Crippen LogP contribution in [0.25, 0.3) is 0 Å². The Morgan fingerprint density at radius 2 is 2.47 bits per heavy atom. The zero-order chi connectivity index (χ0) is 12.3. The van der Waals surface area contributed by atoms with E-state index in [4.69, 9.17) is 10.5 Å². The Bertz CT molecular complexity index is 344. The first-order valence-corrected chi connectivity index (χ1v) is 6.58. The number of hydrogen-bond acceptors (Lipinski definition) is 3. The molecule has 1 saturated heterocycles. The predicted octanol–water partition coefficient (Wildman–Crippen LogP) is 1.76. The van der Waals surface area contributed by atoms with Gasteiger partial charge in [-0.25, -0.2) is 0 Å². The molecule has 4 heteroatoms. The first-order valence-electron chi connectivity index (χ1n) is 6.58. The van der Waals surface area contributed by atoms with Crippen molar-refractivity contribution in [2.75, 3.05) is 13.2 Å². The SMILES string of the molecule is CCC(C)n1ccc(CC(N)C2CCOC2)n1. The summed E-state index contributed by atoms with van der Waals surface area (Å²) >= 11 is 0. The molecule has 3 unspecified atom stereocenters. The Labute approximate surface area is 103 Å². The lowest BCUT2D eigenvalue weighted by Gasteiger charge is -2.16. The number of nitrogens with zero attached hydrogens (tertiary/aromatic N) is 2. The van der Waals surface area contributed by atoms with Crippen molar-refractivity contribution in [1.29, 1.82) is 0 Å². The molecule has 1 fully saturated rings. The van der Waals surface area contributed by atoms with Crippen molar-refractivity contribution in [3.8, 4) is 0 Å². The van der Waals surface area contributed by atoms with Gasteiger partial charge in [0.15, 0.2) is 0 Å². The normalized spacial score (nSPS) is 23.8. The molecule has 3 atom stereocenters. The van der Waals surface area contributed by atoms with E-state index in [2.05, 4.69) is 31.2 Å². The lowest BCUT2D eigenvalue weighted by molar-refractivity contribution is 0.180. The molecular formula is C13H23N3O. The van der Waals surface area contributed by atoms with Crippen LogP contribution in [0.1, 0.15) is 38.4 Å². The number of nitrogens with two attached hydrogens (primary N) is 1. The molecule has 1 aliphatic heterocycles. The molecule has 96 valence electrons. The summed E-state index contributed by atoms with van der Waals surface area (Å²) < 4.78 is 7.41. The topological polar surface area (TPSA) is 53.1 Å². The minimum Gasteiger partial charge on any atom is -0.381 e. The molecule has 1 aliphatic rings. The maximum atomic E-state index is 6.20. The van der Waals surface area contributed by atoms with E-state index in [9.17, 15) is 0 Å². The van der Waals surface area contributed by atoms with Gasteiger partial charge in [0, 0.05) is 31.3 Å². The molecule has 0 aromatic carbocycles. The fourth-order valence-electron chi connectivity index (χ4n) is 2.22. The van der Waals surface area contributed by atoms with Gasteiger partial charge in [-0.05, 0) is 31.7 Å². The summed E-state index contributed by atoms with van der Waals surface area (Å²) in [5.74, 6) is 0.503. The van der Waals surface area contributed by atoms with Crippen molar-refractivity contribution in [1.82, 2.24) is 9.78 Å². The third kappa shape index (κ3) is 3.07. The molecular weight excluding hydrogens is 214 g/mol. The molecule has 0 saturated carbocycles. The second-order valence-electron chi connectivity index (χ2n) is 5.04. The maximum Gasteiger partial charge on any atom is 0.0640 e. The fourth-order valence-corrected chi connectivity index (χ4v) is 2.22. The van der Waals surface area contributed by atoms with Gasteiger partial charge >= 0.3 is 0 Å². The van der Waals surface area contributed by atoms with Crippen molar-refractivity contribution in [2.24, 2.45) is 11.7 Å². The monoisotopic (exact) mass is 237 g/mol. The molecule has 0 amide bonds. The van der Waals surface area contributed by atoms with Crippen LogP contribution < -0.4 is 5.73 Å². The van der Waals surface area contributed by atoms with E-state index in [1.807, 2.05) is 4.68 Å². The van der Waals surface area contributed by atoms with Crippen molar-refractivity contribution in [2.45, 2.75) is 45.2 Å². The highest BCUT2D eigenvalue weighted by Crippen LogP contribution is 2.18. The van der Waals surface area contributed by atoms with Crippen LogP contribution >= 0.6 is 0 Å². The van der Waals surface area contributed by atoms with Crippen LogP contribution in [-0.4, -0.2) is 29.0 Å². The fraction of sp³-hybridized carbons (Fsp3) is 0.769. The highest BCUT2D eigenvalue weighted by molar-refractivity contribution is 5.03. The van der Waals surface area contributed by atoms with E-state index in [0.29, 0.717) is 12.0 Å². The van der Waals surface area contributed by atoms with Gasteiger partial charge in [-0.1, -0.05) is 6.92 Å². The largest absolute Gasteiger partial charge is 0.381 e. The minimum absolute atomic E-state index is 0.179. The molecule has 0 radical (unpaired) electrons. The summed E-state index contributed by atoms with van der Waals surface area (Å²) in [6.45, 7) is 6.03. The van der Waals surface area contributed by atoms with Crippen molar-refractivity contribution >= 4 is 0 Å². The summed E-state index contributed by atoms with van der Waals surface area (Å²) in [4.78, 5) is 0. The van der Waals surface area contributed by atoms with Crippen LogP contribution in [-0.2, 0) is 11.2 Å². The Kier molecular flexibility index (Phi) is 4.18. The first kappa shape index (κ1) is 12.6. The van der Waals surface area contributed by atoms with Crippen molar-refractivity contribution in [3.05, 3.63) is 18.0 Å². The smallest absolute Gasteiger partial charge is 0.0640 e.